The van der Waals surface area contributed by atoms with E-state index >= 15 is 0 Å². The van der Waals surface area contributed by atoms with Crippen LogP contribution in [0.5, 0.6) is 0 Å². The van der Waals surface area contributed by atoms with Crippen LogP contribution in [0.4, 0.5) is 0 Å². The van der Waals surface area contributed by atoms with Crippen molar-refractivity contribution in [2.45, 2.75) is 13.5 Å². The standard InChI is InChI=1S/C16H15ClN2/c1-10-2-7-15-13(8-10)14(9-18)16(19-15)11-3-5-12(17)6-4-11/h2-8,19H,9,18H2,1H3. The SMILES string of the molecule is Cc1ccc2[nH]c(-c3ccc(Cl)cc3)c(CN)c2c1. The zero-order valence-corrected chi connectivity index (χ0v) is 11.5. The summed E-state index contributed by atoms with van der Waals surface area (Å²) in [5.41, 5.74) is 11.6. The molecule has 2 nitrogen and oxygen atoms in total. The van der Waals surface area contributed by atoms with Gasteiger partial charge < -0.3 is 10.7 Å². The minimum Gasteiger partial charge on any atom is -0.354 e. The highest BCUT2D eigenvalue weighted by Gasteiger charge is 2.11. The molecule has 0 bridgehead atoms. The lowest BCUT2D eigenvalue weighted by molar-refractivity contribution is 1.09. The van der Waals surface area contributed by atoms with Gasteiger partial charge in [-0.15, -0.1) is 0 Å². The molecule has 1 heterocycles. The fourth-order valence-electron chi connectivity index (χ4n) is 2.44. The number of fused-ring (bicyclic) bond motifs is 1. The third-order valence-electron chi connectivity index (χ3n) is 3.40. The van der Waals surface area contributed by atoms with E-state index < -0.39 is 0 Å². The summed E-state index contributed by atoms with van der Waals surface area (Å²) in [5, 5.41) is 1.94. The second-order valence-electron chi connectivity index (χ2n) is 4.74. The number of aromatic nitrogens is 1. The van der Waals surface area contributed by atoms with Crippen molar-refractivity contribution in [1.29, 1.82) is 0 Å². The molecule has 0 saturated carbocycles. The molecule has 0 unspecified atom stereocenters. The van der Waals surface area contributed by atoms with E-state index in [0.717, 1.165) is 27.4 Å². The van der Waals surface area contributed by atoms with Crippen molar-refractivity contribution in [3.63, 3.8) is 0 Å². The highest BCUT2D eigenvalue weighted by atomic mass is 35.5. The largest absolute Gasteiger partial charge is 0.354 e. The van der Waals surface area contributed by atoms with Gasteiger partial charge in [0.05, 0.1) is 5.69 Å². The van der Waals surface area contributed by atoms with Gasteiger partial charge in [0.2, 0.25) is 0 Å². The number of rotatable bonds is 2. The lowest BCUT2D eigenvalue weighted by Gasteiger charge is -2.03. The van der Waals surface area contributed by atoms with Crippen molar-refractivity contribution in [1.82, 2.24) is 4.98 Å². The fraction of sp³-hybridized carbons (Fsp3) is 0.125. The molecular weight excluding hydrogens is 256 g/mol. The van der Waals surface area contributed by atoms with Crippen molar-refractivity contribution in [2.24, 2.45) is 5.73 Å². The molecule has 3 rings (SSSR count). The van der Waals surface area contributed by atoms with Crippen molar-refractivity contribution in [2.75, 3.05) is 0 Å². The van der Waals surface area contributed by atoms with Crippen LogP contribution in [0.1, 0.15) is 11.1 Å². The average Bonchev–Trinajstić information content (AvgIpc) is 2.77. The number of hydrogen-bond acceptors (Lipinski definition) is 1. The topological polar surface area (TPSA) is 41.8 Å². The molecule has 0 amide bonds. The van der Waals surface area contributed by atoms with Gasteiger partial charge in [0.1, 0.15) is 0 Å². The molecule has 0 saturated heterocycles. The fourth-order valence-corrected chi connectivity index (χ4v) is 2.56. The summed E-state index contributed by atoms with van der Waals surface area (Å²) >= 11 is 5.94. The Morgan fingerprint density at radius 1 is 1.11 bits per heavy atom. The Balaban J connectivity index is 2.25. The number of halogens is 1. The van der Waals surface area contributed by atoms with E-state index in [-0.39, 0.29) is 0 Å². The molecule has 0 fully saturated rings. The van der Waals surface area contributed by atoms with E-state index in [9.17, 15) is 0 Å². The predicted molar refractivity (Wildman–Crippen MR) is 81.4 cm³/mol. The van der Waals surface area contributed by atoms with Crippen LogP contribution < -0.4 is 5.73 Å². The molecule has 19 heavy (non-hydrogen) atoms. The maximum atomic E-state index is 5.94. The first-order valence-electron chi connectivity index (χ1n) is 6.26. The molecule has 96 valence electrons. The summed E-state index contributed by atoms with van der Waals surface area (Å²) < 4.78 is 0. The third-order valence-corrected chi connectivity index (χ3v) is 3.65. The van der Waals surface area contributed by atoms with Gasteiger partial charge in [-0.3, -0.25) is 0 Å². The van der Waals surface area contributed by atoms with Gasteiger partial charge in [0.15, 0.2) is 0 Å². The van der Waals surface area contributed by atoms with E-state index in [1.165, 1.54) is 10.9 Å². The highest BCUT2D eigenvalue weighted by Crippen LogP contribution is 2.31. The predicted octanol–water partition coefficient (Wildman–Crippen LogP) is 4.26. The molecule has 3 heteroatoms. The normalized spacial score (nSPS) is 11.1. The minimum absolute atomic E-state index is 0.515. The molecule has 3 N–H and O–H groups in total. The first kappa shape index (κ1) is 12.3. The summed E-state index contributed by atoms with van der Waals surface area (Å²) in [6.07, 6.45) is 0. The van der Waals surface area contributed by atoms with Gasteiger partial charge in [0, 0.05) is 22.5 Å². The lowest BCUT2D eigenvalue weighted by atomic mass is 10.0. The van der Waals surface area contributed by atoms with Crippen LogP contribution in [-0.2, 0) is 6.54 Å². The quantitative estimate of drug-likeness (QED) is 0.718. The molecular formula is C16H15ClN2. The summed E-state index contributed by atoms with van der Waals surface area (Å²) in [7, 11) is 0. The zero-order chi connectivity index (χ0) is 13.4. The summed E-state index contributed by atoms with van der Waals surface area (Å²) in [5.74, 6) is 0. The van der Waals surface area contributed by atoms with Gasteiger partial charge in [-0.2, -0.15) is 0 Å². The first-order valence-corrected chi connectivity index (χ1v) is 6.64. The van der Waals surface area contributed by atoms with E-state index in [0.29, 0.717) is 6.54 Å². The van der Waals surface area contributed by atoms with E-state index in [1.807, 2.05) is 24.3 Å². The van der Waals surface area contributed by atoms with Crippen LogP contribution in [0.2, 0.25) is 5.02 Å². The van der Waals surface area contributed by atoms with Crippen LogP contribution in [0.25, 0.3) is 22.2 Å². The Labute approximate surface area is 117 Å². The number of nitrogens with one attached hydrogen (secondary N) is 1. The smallest absolute Gasteiger partial charge is 0.0510 e. The summed E-state index contributed by atoms with van der Waals surface area (Å²) in [6.45, 7) is 2.61. The van der Waals surface area contributed by atoms with E-state index in [2.05, 4.69) is 30.1 Å². The highest BCUT2D eigenvalue weighted by molar-refractivity contribution is 6.30. The van der Waals surface area contributed by atoms with Crippen molar-refractivity contribution >= 4 is 22.5 Å². The molecule has 0 aliphatic carbocycles. The van der Waals surface area contributed by atoms with Gasteiger partial charge >= 0.3 is 0 Å². The maximum Gasteiger partial charge on any atom is 0.0510 e. The third kappa shape index (κ3) is 2.14. The molecule has 0 spiro atoms. The van der Waals surface area contributed by atoms with E-state index in [4.69, 9.17) is 17.3 Å². The van der Waals surface area contributed by atoms with Crippen LogP contribution in [-0.4, -0.2) is 4.98 Å². The number of hydrogen-bond donors (Lipinski definition) is 2. The van der Waals surface area contributed by atoms with E-state index in [1.54, 1.807) is 0 Å². The average molecular weight is 271 g/mol. The van der Waals surface area contributed by atoms with Gasteiger partial charge in [0.25, 0.3) is 0 Å². The molecule has 2 aromatic carbocycles. The Hall–Kier alpha value is -1.77. The first-order chi connectivity index (χ1) is 9.19. The van der Waals surface area contributed by atoms with Gasteiger partial charge in [-0.05, 0) is 42.3 Å². The van der Waals surface area contributed by atoms with Crippen LogP contribution in [0, 0.1) is 6.92 Å². The number of aromatic amines is 1. The van der Waals surface area contributed by atoms with Crippen LogP contribution in [0.15, 0.2) is 42.5 Å². The minimum atomic E-state index is 0.515. The van der Waals surface area contributed by atoms with Crippen LogP contribution in [0.3, 0.4) is 0 Å². The van der Waals surface area contributed by atoms with Crippen molar-refractivity contribution in [3.05, 3.63) is 58.6 Å². The molecule has 0 atom stereocenters. The Morgan fingerprint density at radius 3 is 2.53 bits per heavy atom. The Morgan fingerprint density at radius 2 is 1.84 bits per heavy atom. The zero-order valence-electron chi connectivity index (χ0n) is 10.7. The summed E-state index contributed by atoms with van der Waals surface area (Å²) in [4.78, 5) is 3.45. The second kappa shape index (κ2) is 4.72. The Kier molecular flexibility index (Phi) is 3.05. The van der Waals surface area contributed by atoms with Crippen molar-refractivity contribution in [3.8, 4) is 11.3 Å². The number of H-pyrrole nitrogens is 1. The molecule has 3 aromatic rings. The molecule has 0 aliphatic rings. The summed E-state index contributed by atoms with van der Waals surface area (Å²) in [6, 6.07) is 14.2. The second-order valence-corrected chi connectivity index (χ2v) is 5.18. The number of nitrogens with two attached hydrogens (primary N) is 1. The molecule has 1 aromatic heterocycles. The molecule has 0 aliphatic heterocycles. The number of benzene rings is 2. The van der Waals surface area contributed by atoms with Crippen LogP contribution >= 0.6 is 11.6 Å². The lowest BCUT2D eigenvalue weighted by Crippen LogP contribution is -1.97. The molecule has 0 radical (unpaired) electrons. The Bertz CT molecular complexity index is 726. The van der Waals surface area contributed by atoms with Gasteiger partial charge in [-0.1, -0.05) is 35.4 Å². The van der Waals surface area contributed by atoms with Crippen molar-refractivity contribution < 1.29 is 0 Å². The van der Waals surface area contributed by atoms with Gasteiger partial charge in [-0.25, -0.2) is 0 Å². The maximum absolute atomic E-state index is 5.94. The monoisotopic (exact) mass is 270 g/mol. The number of aryl methyl sites for hydroxylation is 1.